The molecule has 146 valence electrons. The summed E-state index contributed by atoms with van der Waals surface area (Å²) >= 11 is 11.6. The van der Waals surface area contributed by atoms with Crippen LogP contribution >= 0.6 is 23.2 Å². The number of anilines is 1. The lowest BCUT2D eigenvalue weighted by Gasteiger charge is -2.35. The number of pyridine rings is 2. The van der Waals surface area contributed by atoms with Crippen LogP contribution in [0.1, 0.15) is 5.56 Å². The van der Waals surface area contributed by atoms with Crippen molar-refractivity contribution in [3.63, 3.8) is 0 Å². The predicted molar refractivity (Wildman–Crippen MR) is 94.5 cm³/mol. The smallest absolute Gasteiger partial charge is 0.353 e. The molecule has 0 spiro atoms. The van der Waals surface area contributed by atoms with Crippen molar-refractivity contribution in [1.29, 1.82) is 0 Å². The number of alkyl halides is 3. The van der Waals surface area contributed by atoms with Gasteiger partial charge in [-0.3, -0.25) is 0 Å². The highest BCUT2D eigenvalue weighted by Gasteiger charge is 2.33. The zero-order chi connectivity index (χ0) is 19.8. The number of sulfonamides is 1. The molecule has 1 saturated heterocycles. The van der Waals surface area contributed by atoms with E-state index in [0.717, 1.165) is 6.07 Å². The van der Waals surface area contributed by atoms with E-state index in [1.807, 2.05) is 0 Å². The zero-order valence-electron chi connectivity index (χ0n) is 13.6. The summed E-state index contributed by atoms with van der Waals surface area (Å²) in [6.07, 6.45) is -2.64. The molecule has 0 aromatic carbocycles. The van der Waals surface area contributed by atoms with Crippen molar-refractivity contribution < 1.29 is 21.6 Å². The molecule has 2 aromatic rings. The SMILES string of the molecule is O=S(=O)(c1ccc(Cl)nc1)N1CCN(c2ncc(C(F)(F)F)cc2Cl)CC1. The monoisotopic (exact) mass is 440 g/mol. The standard InChI is InChI=1S/C15H13Cl2F3N4O2S/c16-12-7-10(15(18,19)20)8-22-14(12)23-3-5-24(6-4-23)27(25,26)11-1-2-13(17)21-9-11/h1-2,7-9H,3-6H2. The van der Waals surface area contributed by atoms with E-state index in [0.29, 0.717) is 6.20 Å². The summed E-state index contributed by atoms with van der Waals surface area (Å²) in [5.41, 5.74) is -0.937. The topological polar surface area (TPSA) is 66.4 Å². The van der Waals surface area contributed by atoms with E-state index in [1.54, 1.807) is 4.90 Å². The minimum absolute atomic E-state index is 0.0195. The molecule has 6 nitrogen and oxygen atoms in total. The van der Waals surface area contributed by atoms with Crippen LogP contribution in [0.5, 0.6) is 0 Å². The van der Waals surface area contributed by atoms with Crippen LogP contribution in [-0.2, 0) is 16.2 Å². The summed E-state index contributed by atoms with van der Waals surface area (Å²) in [6, 6.07) is 3.56. The van der Waals surface area contributed by atoms with Crippen LogP contribution in [0.2, 0.25) is 10.2 Å². The third-order valence-corrected chi connectivity index (χ3v) is 6.41. The molecular formula is C15H13Cl2F3N4O2S. The van der Waals surface area contributed by atoms with E-state index >= 15 is 0 Å². The molecule has 0 amide bonds. The van der Waals surface area contributed by atoms with Gasteiger partial charge in [0.25, 0.3) is 0 Å². The number of hydrogen-bond acceptors (Lipinski definition) is 5. The van der Waals surface area contributed by atoms with Crippen molar-refractivity contribution in [3.8, 4) is 0 Å². The first-order valence-corrected chi connectivity index (χ1v) is 9.88. The Morgan fingerprint density at radius 2 is 1.67 bits per heavy atom. The van der Waals surface area contributed by atoms with Crippen LogP contribution in [-0.4, -0.2) is 48.9 Å². The summed E-state index contributed by atoms with van der Waals surface area (Å²) in [4.78, 5) is 9.24. The highest BCUT2D eigenvalue weighted by molar-refractivity contribution is 7.89. The molecular weight excluding hydrogens is 428 g/mol. The highest BCUT2D eigenvalue weighted by Crippen LogP contribution is 2.34. The predicted octanol–water partition coefficient (Wildman–Crippen LogP) is 3.31. The number of halogens is 5. The summed E-state index contributed by atoms with van der Waals surface area (Å²) in [5, 5.41) is 0.0461. The largest absolute Gasteiger partial charge is 0.417 e. The van der Waals surface area contributed by atoms with E-state index in [9.17, 15) is 21.6 Å². The Morgan fingerprint density at radius 3 is 2.19 bits per heavy atom. The molecule has 0 N–H and O–H groups in total. The fourth-order valence-corrected chi connectivity index (χ4v) is 4.39. The van der Waals surface area contributed by atoms with Crippen molar-refractivity contribution >= 4 is 39.0 Å². The normalized spacial score (nSPS) is 16.6. The molecule has 0 radical (unpaired) electrons. The maximum atomic E-state index is 12.7. The van der Waals surface area contributed by atoms with Gasteiger partial charge in [-0.2, -0.15) is 17.5 Å². The molecule has 0 saturated carbocycles. The second-order valence-electron chi connectivity index (χ2n) is 5.73. The van der Waals surface area contributed by atoms with E-state index in [4.69, 9.17) is 23.2 Å². The molecule has 0 aliphatic carbocycles. The Kier molecular flexibility index (Phi) is 5.53. The molecule has 27 heavy (non-hydrogen) atoms. The van der Waals surface area contributed by atoms with Crippen molar-refractivity contribution in [2.75, 3.05) is 31.1 Å². The van der Waals surface area contributed by atoms with Crippen LogP contribution in [0.15, 0.2) is 35.5 Å². The third-order valence-electron chi connectivity index (χ3n) is 4.03. The maximum absolute atomic E-state index is 12.7. The Balaban J connectivity index is 1.73. The number of rotatable bonds is 3. The molecule has 0 atom stereocenters. The molecule has 12 heteroatoms. The first-order chi connectivity index (χ1) is 12.6. The van der Waals surface area contributed by atoms with Gasteiger partial charge >= 0.3 is 6.18 Å². The van der Waals surface area contributed by atoms with Crippen molar-refractivity contribution in [1.82, 2.24) is 14.3 Å². The van der Waals surface area contributed by atoms with Crippen molar-refractivity contribution in [3.05, 3.63) is 46.3 Å². The van der Waals surface area contributed by atoms with Crippen molar-refractivity contribution in [2.24, 2.45) is 0 Å². The van der Waals surface area contributed by atoms with Gasteiger partial charge in [0, 0.05) is 38.6 Å². The Labute approximate surface area is 163 Å². The molecule has 1 aliphatic rings. The lowest BCUT2D eigenvalue weighted by Crippen LogP contribution is -2.49. The summed E-state index contributed by atoms with van der Waals surface area (Å²) < 4.78 is 64.6. The molecule has 1 aliphatic heterocycles. The average Bonchev–Trinajstić information content (AvgIpc) is 2.61. The zero-order valence-corrected chi connectivity index (χ0v) is 15.9. The summed E-state index contributed by atoms with van der Waals surface area (Å²) in [5.74, 6) is 0.190. The van der Waals surface area contributed by atoms with Gasteiger partial charge in [0.15, 0.2) is 0 Å². The van der Waals surface area contributed by atoms with Gasteiger partial charge in [0.05, 0.1) is 10.6 Å². The van der Waals surface area contributed by atoms with Crippen LogP contribution in [0.25, 0.3) is 0 Å². The van der Waals surface area contributed by atoms with Gasteiger partial charge in [0.1, 0.15) is 15.9 Å². The van der Waals surface area contributed by atoms with Crippen LogP contribution in [0.4, 0.5) is 19.0 Å². The second kappa shape index (κ2) is 7.42. The minimum Gasteiger partial charge on any atom is -0.353 e. The Morgan fingerprint density at radius 1 is 1.00 bits per heavy atom. The lowest BCUT2D eigenvalue weighted by atomic mass is 10.2. The second-order valence-corrected chi connectivity index (χ2v) is 8.47. The number of nitrogens with zero attached hydrogens (tertiary/aromatic N) is 4. The number of aromatic nitrogens is 2. The van der Waals surface area contributed by atoms with Gasteiger partial charge in [-0.15, -0.1) is 0 Å². The Hall–Kier alpha value is -1.62. The molecule has 0 bridgehead atoms. The van der Waals surface area contributed by atoms with Gasteiger partial charge in [0.2, 0.25) is 10.0 Å². The molecule has 3 heterocycles. The number of piperazine rings is 1. The molecule has 2 aromatic heterocycles. The average molecular weight is 441 g/mol. The van der Waals surface area contributed by atoms with E-state index in [1.165, 1.54) is 22.6 Å². The summed E-state index contributed by atoms with van der Waals surface area (Å²) in [7, 11) is -3.74. The lowest BCUT2D eigenvalue weighted by molar-refractivity contribution is -0.137. The highest BCUT2D eigenvalue weighted by atomic mass is 35.5. The van der Waals surface area contributed by atoms with Gasteiger partial charge in [-0.05, 0) is 18.2 Å². The van der Waals surface area contributed by atoms with E-state index in [-0.39, 0.29) is 47.1 Å². The third kappa shape index (κ3) is 4.29. The fourth-order valence-electron chi connectivity index (χ4n) is 2.62. The van der Waals surface area contributed by atoms with Crippen LogP contribution in [0, 0.1) is 0 Å². The van der Waals surface area contributed by atoms with Gasteiger partial charge in [-0.25, -0.2) is 18.4 Å². The first-order valence-electron chi connectivity index (χ1n) is 7.68. The quantitative estimate of drug-likeness (QED) is 0.684. The van der Waals surface area contributed by atoms with Gasteiger partial charge in [-0.1, -0.05) is 23.2 Å². The molecule has 1 fully saturated rings. The molecule has 0 unspecified atom stereocenters. The van der Waals surface area contributed by atoms with Crippen molar-refractivity contribution in [2.45, 2.75) is 11.1 Å². The minimum atomic E-state index is -4.53. The molecule has 3 rings (SSSR count). The maximum Gasteiger partial charge on any atom is 0.417 e. The van der Waals surface area contributed by atoms with Crippen LogP contribution < -0.4 is 4.90 Å². The fraction of sp³-hybridized carbons (Fsp3) is 0.333. The number of hydrogen-bond donors (Lipinski definition) is 0. The first kappa shape index (κ1) is 20.1. The van der Waals surface area contributed by atoms with E-state index < -0.39 is 21.8 Å². The van der Waals surface area contributed by atoms with E-state index in [2.05, 4.69) is 9.97 Å². The Bertz CT molecular complexity index is 931. The summed E-state index contributed by atoms with van der Waals surface area (Å²) in [6.45, 7) is 0.727. The van der Waals surface area contributed by atoms with Gasteiger partial charge < -0.3 is 4.90 Å². The van der Waals surface area contributed by atoms with Crippen LogP contribution in [0.3, 0.4) is 0 Å².